The third kappa shape index (κ3) is 7.33. The van der Waals surface area contributed by atoms with E-state index in [4.69, 9.17) is 38.0 Å². The first kappa shape index (κ1) is 25.1. The van der Waals surface area contributed by atoms with Crippen LogP contribution in [0.4, 0.5) is 0 Å². The van der Waals surface area contributed by atoms with Gasteiger partial charge < -0.3 is 38.0 Å². The summed E-state index contributed by atoms with van der Waals surface area (Å²) in [7, 11) is -0.853. The molecule has 10 heteroatoms. The van der Waals surface area contributed by atoms with Crippen LogP contribution in [0.1, 0.15) is 33.6 Å². The topological polar surface area (TPSA) is 107 Å². The van der Waals surface area contributed by atoms with Crippen molar-refractivity contribution in [3.8, 4) is 0 Å². The van der Waals surface area contributed by atoms with Gasteiger partial charge in [0.05, 0.1) is 0 Å². The van der Waals surface area contributed by atoms with Crippen molar-refractivity contribution in [1.29, 1.82) is 0 Å². The molecular formula is C15H38N2O6Si2. The minimum Gasteiger partial charge on any atom is -0.377 e. The fourth-order valence-corrected chi connectivity index (χ4v) is 8.39. The highest BCUT2D eigenvalue weighted by molar-refractivity contribution is 6.62. The first-order chi connectivity index (χ1) is 11.9. The van der Waals surface area contributed by atoms with Crippen LogP contribution in [0.25, 0.3) is 0 Å². The van der Waals surface area contributed by atoms with Crippen LogP contribution in [0, 0.1) is 0 Å². The summed E-state index contributed by atoms with van der Waals surface area (Å²) < 4.78 is 34.6. The van der Waals surface area contributed by atoms with E-state index in [0.29, 0.717) is 45.3 Å². The largest absolute Gasteiger partial charge is 0.505 e. The van der Waals surface area contributed by atoms with Crippen LogP contribution in [0.15, 0.2) is 0 Å². The summed E-state index contributed by atoms with van der Waals surface area (Å²) in [5.41, 5.74) is 12.2. The summed E-state index contributed by atoms with van der Waals surface area (Å²) in [5.74, 6) is 0. The van der Waals surface area contributed by atoms with Crippen LogP contribution in [-0.4, -0.2) is 71.3 Å². The van der Waals surface area contributed by atoms with Gasteiger partial charge in [0.1, 0.15) is 0 Å². The van der Waals surface area contributed by atoms with Crippen LogP contribution in [0.2, 0.25) is 11.6 Å². The highest BCUT2D eigenvalue weighted by atomic mass is 28.4. The van der Waals surface area contributed by atoms with Gasteiger partial charge in [-0.2, -0.15) is 0 Å². The molecule has 4 N–H and O–H groups in total. The van der Waals surface area contributed by atoms with Gasteiger partial charge in [-0.05, 0) is 40.2 Å². The van der Waals surface area contributed by atoms with Gasteiger partial charge in [0.25, 0.3) is 0 Å². The van der Waals surface area contributed by atoms with Gasteiger partial charge in [-0.15, -0.1) is 0 Å². The molecule has 25 heavy (non-hydrogen) atoms. The minimum atomic E-state index is -2.89. The zero-order valence-electron chi connectivity index (χ0n) is 16.7. The van der Waals surface area contributed by atoms with E-state index in [1.54, 1.807) is 21.3 Å². The molecule has 0 fully saturated rings. The average molecular weight is 399 g/mol. The molecule has 0 saturated heterocycles. The van der Waals surface area contributed by atoms with E-state index in [-0.39, 0.29) is 11.6 Å². The summed E-state index contributed by atoms with van der Waals surface area (Å²) in [5, 5.41) is 0. The van der Waals surface area contributed by atoms with Crippen molar-refractivity contribution in [1.82, 2.24) is 0 Å². The Balaban J connectivity index is 5.22. The summed E-state index contributed by atoms with van der Waals surface area (Å²) >= 11 is 0. The zero-order valence-corrected chi connectivity index (χ0v) is 18.7. The molecule has 0 aromatic heterocycles. The van der Waals surface area contributed by atoms with Crippen molar-refractivity contribution in [2.24, 2.45) is 11.5 Å². The van der Waals surface area contributed by atoms with Crippen molar-refractivity contribution in [3.63, 3.8) is 0 Å². The molecule has 0 heterocycles. The molecule has 152 valence electrons. The van der Waals surface area contributed by atoms with Crippen LogP contribution in [0.5, 0.6) is 0 Å². The van der Waals surface area contributed by atoms with E-state index < -0.39 is 17.6 Å². The molecule has 0 aromatic rings. The molecule has 0 aliphatic heterocycles. The maximum absolute atomic E-state index is 6.51. The Morgan fingerprint density at radius 3 is 1.56 bits per heavy atom. The lowest BCUT2D eigenvalue weighted by molar-refractivity contribution is 0.0691. The average Bonchev–Trinajstić information content (AvgIpc) is 2.61. The lowest BCUT2D eigenvalue weighted by Crippen LogP contribution is -2.55. The second-order valence-corrected chi connectivity index (χ2v) is 11.5. The van der Waals surface area contributed by atoms with E-state index in [0.717, 1.165) is 0 Å². The summed E-state index contributed by atoms with van der Waals surface area (Å²) in [6, 6.07) is 0.412. The zero-order chi connectivity index (χ0) is 19.3. The molecule has 0 aliphatic carbocycles. The molecule has 2 unspecified atom stereocenters. The van der Waals surface area contributed by atoms with Gasteiger partial charge >= 0.3 is 17.6 Å². The van der Waals surface area contributed by atoms with Crippen molar-refractivity contribution in [2.45, 2.75) is 51.2 Å². The van der Waals surface area contributed by atoms with E-state index in [1.165, 1.54) is 0 Å². The van der Waals surface area contributed by atoms with Crippen molar-refractivity contribution in [2.75, 3.05) is 47.7 Å². The number of hydrogen-bond donors (Lipinski definition) is 2. The van der Waals surface area contributed by atoms with Crippen LogP contribution in [0.3, 0.4) is 0 Å². The van der Waals surface area contributed by atoms with Crippen LogP contribution < -0.4 is 11.5 Å². The van der Waals surface area contributed by atoms with Crippen LogP contribution >= 0.6 is 0 Å². The van der Waals surface area contributed by atoms with Gasteiger partial charge in [0.15, 0.2) is 0 Å². The van der Waals surface area contributed by atoms with Gasteiger partial charge in [0, 0.05) is 58.8 Å². The maximum Gasteiger partial charge on any atom is 0.505 e. The summed E-state index contributed by atoms with van der Waals surface area (Å²) in [4.78, 5) is 0. The van der Waals surface area contributed by atoms with Gasteiger partial charge in [-0.1, -0.05) is 0 Å². The molecule has 0 aromatic carbocycles. The van der Waals surface area contributed by atoms with E-state index in [1.807, 2.05) is 20.8 Å². The Morgan fingerprint density at radius 1 is 0.800 bits per heavy atom. The third-order valence-electron chi connectivity index (χ3n) is 4.18. The number of rotatable bonds is 16. The first-order valence-corrected chi connectivity index (χ1v) is 12.7. The van der Waals surface area contributed by atoms with Gasteiger partial charge in [0.2, 0.25) is 0 Å². The van der Waals surface area contributed by atoms with Crippen molar-refractivity contribution in [3.05, 3.63) is 0 Å². The monoisotopic (exact) mass is 398 g/mol. The van der Waals surface area contributed by atoms with Crippen molar-refractivity contribution >= 4 is 17.6 Å². The third-order valence-corrected chi connectivity index (χ3v) is 10.6. The Bertz CT molecular complexity index is 312. The second kappa shape index (κ2) is 13.3. The maximum atomic E-state index is 6.51. The van der Waals surface area contributed by atoms with Crippen LogP contribution in [-0.2, 0) is 26.6 Å². The SMILES string of the molecule is CCO[Si](CCC(N)C(CCN)[Si](OC)(OC)OC)(OCC)OCC. The highest BCUT2D eigenvalue weighted by Gasteiger charge is 2.50. The second-order valence-electron chi connectivity index (χ2n) is 5.58. The summed E-state index contributed by atoms with van der Waals surface area (Å²) in [6.45, 7) is 7.93. The molecule has 0 amide bonds. The quantitative estimate of drug-likeness (QED) is 0.375. The van der Waals surface area contributed by atoms with Gasteiger partial charge in [-0.3, -0.25) is 0 Å². The molecule has 0 rings (SSSR count). The number of hydrogen-bond acceptors (Lipinski definition) is 8. The fraction of sp³-hybridized carbons (Fsp3) is 1.00. The minimum absolute atomic E-state index is 0.103. The standard InChI is InChI=1S/C15H38N2O6Si2/c1-7-21-24(22-8-2,23-9-3)13-11-14(17)15(10-12-16)25(18-4,19-5)20-6/h14-15H,7-13,16-17H2,1-6H3. The van der Waals surface area contributed by atoms with Gasteiger partial charge in [-0.25, -0.2) is 0 Å². The smallest absolute Gasteiger partial charge is 0.377 e. The lowest BCUT2D eigenvalue weighted by atomic mass is 10.1. The molecule has 0 saturated carbocycles. The van der Waals surface area contributed by atoms with E-state index >= 15 is 0 Å². The molecule has 0 spiro atoms. The molecule has 8 nitrogen and oxygen atoms in total. The molecule has 2 atom stereocenters. The Labute approximate surface area is 155 Å². The first-order valence-electron chi connectivity index (χ1n) is 8.97. The summed E-state index contributed by atoms with van der Waals surface area (Å²) in [6.07, 6.45) is 1.32. The van der Waals surface area contributed by atoms with E-state index in [2.05, 4.69) is 0 Å². The number of nitrogens with two attached hydrogens (primary N) is 2. The lowest BCUT2D eigenvalue weighted by Gasteiger charge is -2.37. The molecule has 0 radical (unpaired) electrons. The Morgan fingerprint density at radius 2 is 1.24 bits per heavy atom. The fourth-order valence-electron chi connectivity index (χ4n) is 3.08. The normalized spacial score (nSPS) is 15.4. The predicted molar refractivity (Wildman–Crippen MR) is 102 cm³/mol. The molecular weight excluding hydrogens is 360 g/mol. The Kier molecular flexibility index (Phi) is 13.4. The molecule has 0 aliphatic rings. The predicted octanol–water partition coefficient (Wildman–Crippen LogP) is 1.35. The molecule has 0 bridgehead atoms. The van der Waals surface area contributed by atoms with E-state index in [9.17, 15) is 0 Å². The highest BCUT2D eigenvalue weighted by Crippen LogP contribution is 2.33. The van der Waals surface area contributed by atoms with Crippen molar-refractivity contribution < 1.29 is 26.6 Å². The Hall–Kier alpha value is 0.114.